The molecule has 2 aromatic rings. The third-order valence-corrected chi connectivity index (χ3v) is 5.13. The molecule has 2 heterocycles. The van der Waals surface area contributed by atoms with E-state index in [0.29, 0.717) is 14.3 Å². The fourth-order valence-electron chi connectivity index (χ4n) is 3.01. The zero-order valence-electron chi connectivity index (χ0n) is 11.3. The highest BCUT2D eigenvalue weighted by molar-refractivity contribution is 14.1. The molecule has 0 aliphatic carbocycles. The Bertz CT molecular complexity index is 694. The Hall–Kier alpha value is -0.470. The van der Waals surface area contributed by atoms with Gasteiger partial charge in [0.15, 0.2) is 4.77 Å². The normalized spacial score (nSPS) is 20.6. The van der Waals surface area contributed by atoms with Gasteiger partial charge in [0.25, 0.3) is 0 Å². The van der Waals surface area contributed by atoms with E-state index in [-0.39, 0.29) is 5.82 Å². The molecule has 3 nitrogen and oxygen atoms in total. The average Bonchev–Trinajstić information content (AvgIpc) is 2.67. The molecule has 1 unspecified atom stereocenters. The van der Waals surface area contributed by atoms with Gasteiger partial charge in [-0.2, -0.15) is 0 Å². The van der Waals surface area contributed by atoms with Crippen LogP contribution >= 0.6 is 34.8 Å². The minimum atomic E-state index is -0.179. The number of fused-ring (bicyclic) bond motifs is 1. The first-order chi connectivity index (χ1) is 9.54. The number of imidazole rings is 1. The average molecular weight is 405 g/mol. The molecule has 1 aromatic heterocycles. The van der Waals surface area contributed by atoms with Crippen LogP contribution in [0.1, 0.15) is 12.8 Å². The molecule has 0 spiro atoms. The minimum Gasteiger partial charge on any atom is -0.331 e. The lowest BCUT2D eigenvalue weighted by atomic mass is 9.98. The van der Waals surface area contributed by atoms with Crippen LogP contribution in [0, 0.1) is 20.1 Å². The highest BCUT2D eigenvalue weighted by Gasteiger charge is 2.19. The number of rotatable bonds is 2. The largest absolute Gasteiger partial charge is 0.331 e. The predicted octanol–water partition coefficient (Wildman–Crippen LogP) is 3.78. The van der Waals surface area contributed by atoms with E-state index in [0.717, 1.165) is 24.1 Å². The minimum absolute atomic E-state index is 0.179. The van der Waals surface area contributed by atoms with Crippen LogP contribution < -0.4 is 0 Å². The SMILES string of the molecule is CN1CCCC(Cn2c(=S)[nH]c3cc(I)c(F)cc32)C1. The van der Waals surface area contributed by atoms with Crippen molar-refractivity contribution in [1.29, 1.82) is 0 Å². The first-order valence-electron chi connectivity index (χ1n) is 6.80. The van der Waals surface area contributed by atoms with Crippen LogP contribution in [0.3, 0.4) is 0 Å². The number of hydrogen-bond acceptors (Lipinski definition) is 2. The molecule has 20 heavy (non-hydrogen) atoms. The molecule has 0 radical (unpaired) electrons. The summed E-state index contributed by atoms with van der Waals surface area (Å²) in [6.45, 7) is 3.12. The summed E-state index contributed by atoms with van der Waals surface area (Å²) in [5.74, 6) is 0.406. The second-order valence-electron chi connectivity index (χ2n) is 5.59. The van der Waals surface area contributed by atoms with Crippen molar-refractivity contribution in [3.8, 4) is 0 Å². The second-order valence-corrected chi connectivity index (χ2v) is 7.14. The van der Waals surface area contributed by atoms with Crippen LogP contribution in [0.2, 0.25) is 0 Å². The summed E-state index contributed by atoms with van der Waals surface area (Å²) >= 11 is 7.41. The summed E-state index contributed by atoms with van der Waals surface area (Å²) in [6, 6.07) is 3.42. The highest BCUT2D eigenvalue weighted by Crippen LogP contribution is 2.24. The molecule has 1 aromatic carbocycles. The van der Waals surface area contributed by atoms with Crippen molar-refractivity contribution in [2.45, 2.75) is 19.4 Å². The monoisotopic (exact) mass is 405 g/mol. The van der Waals surface area contributed by atoms with Crippen LogP contribution in [0.5, 0.6) is 0 Å². The fourth-order valence-corrected chi connectivity index (χ4v) is 3.76. The topological polar surface area (TPSA) is 24.0 Å². The predicted molar refractivity (Wildman–Crippen MR) is 90.0 cm³/mol. The van der Waals surface area contributed by atoms with Crippen molar-refractivity contribution in [2.75, 3.05) is 20.1 Å². The Labute approximate surface area is 136 Å². The maximum Gasteiger partial charge on any atom is 0.178 e. The summed E-state index contributed by atoms with van der Waals surface area (Å²) in [4.78, 5) is 5.55. The Morgan fingerprint density at radius 3 is 3.05 bits per heavy atom. The number of piperidine rings is 1. The van der Waals surface area contributed by atoms with Gasteiger partial charge in [-0.25, -0.2) is 4.39 Å². The molecule has 6 heteroatoms. The van der Waals surface area contributed by atoms with E-state index in [4.69, 9.17) is 12.2 Å². The van der Waals surface area contributed by atoms with E-state index in [1.54, 1.807) is 6.07 Å². The summed E-state index contributed by atoms with van der Waals surface area (Å²) in [7, 11) is 2.16. The maximum atomic E-state index is 13.8. The van der Waals surface area contributed by atoms with Crippen molar-refractivity contribution >= 4 is 45.8 Å². The lowest BCUT2D eigenvalue weighted by Crippen LogP contribution is -2.34. The van der Waals surface area contributed by atoms with E-state index >= 15 is 0 Å². The first-order valence-corrected chi connectivity index (χ1v) is 8.29. The molecule has 0 bridgehead atoms. The van der Waals surface area contributed by atoms with Crippen molar-refractivity contribution in [3.05, 3.63) is 26.3 Å². The van der Waals surface area contributed by atoms with Gasteiger partial charge < -0.3 is 14.5 Å². The second kappa shape index (κ2) is 5.73. The van der Waals surface area contributed by atoms with Gasteiger partial charge in [0.1, 0.15) is 5.82 Å². The van der Waals surface area contributed by atoms with Gasteiger partial charge in [0.05, 0.1) is 14.6 Å². The standard InChI is InChI=1S/C14H17FIN3S/c1-18-4-2-3-9(7-18)8-19-13-5-10(15)11(16)6-12(13)17-14(19)20/h5-6,9H,2-4,7-8H2,1H3,(H,17,20). The summed E-state index contributed by atoms with van der Waals surface area (Å²) in [5.41, 5.74) is 1.80. The first kappa shape index (κ1) is 14.5. The fraction of sp³-hybridized carbons (Fsp3) is 0.500. The van der Waals surface area contributed by atoms with Crippen molar-refractivity contribution in [1.82, 2.24) is 14.5 Å². The number of H-pyrrole nitrogens is 1. The molecular formula is C14H17FIN3S. The zero-order valence-corrected chi connectivity index (χ0v) is 14.3. The van der Waals surface area contributed by atoms with Crippen LogP contribution in [-0.4, -0.2) is 34.6 Å². The lowest BCUT2D eigenvalue weighted by molar-refractivity contribution is 0.195. The van der Waals surface area contributed by atoms with Crippen molar-refractivity contribution in [3.63, 3.8) is 0 Å². The molecule has 1 saturated heterocycles. The Morgan fingerprint density at radius 2 is 2.30 bits per heavy atom. The summed E-state index contributed by atoms with van der Waals surface area (Å²) in [5, 5.41) is 0. The van der Waals surface area contributed by atoms with Gasteiger partial charge in [-0.3, -0.25) is 0 Å². The molecule has 108 valence electrons. The number of nitrogens with one attached hydrogen (secondary N) is 1. The van der Waals surface area contributed by atoms with Gasteiger partial charge in [0, 0.05) is 19.2 Å². The molecule has 1 atom stereocenters. The third kappa shape index (κ3) is 2.78. The molecule has 3 rings (SSSR count). The van der Waals surface area contributed by atoms with Crippen LogP contribution in [0.15, 0.2) is 12.1 Å². The molecule has 1 fully saturated rings. The van der Waals surface area contributed by atoms with E-state index in [1.165, 1.54) is 19.4 Å². The van der Waals surface area contributed by atoms with Gasteiger partial charge in [-0.1, -0.05) is 0 Å². The quantitative estimate of drug-likeness (QED) is 0.608. The Balaban J connectivity index is 1.96. The number of aromatic amines is 1. The maximum absolute atomic E-state index is 13.8. The van der Waals surface area contributed by atoms with Gasteiger partial charge in [-0.05, 0) is 73.2 Å². The highest BCUT2D eigenvalue weighted by atomic mass is 127. The Morgan fingerprint density at radius 1 is 1.50 bits per heavy atom. The number of halogens is 2. The smallest absolute Gasteiger partial charge is 0.178 e. The molecule has 0 amide bonds. The summed E-state index contributed by atoms with van der Waals surface area (Å²) < 4.78 is 17.2. The van der Waals surface area contributed by atoms with Crippen molar-refractivity contribution < 1.29 is 4.39 Å². The molecule has 1 N–H and O–H groups in total. The lowest BCUT2D eigenvalue weighted by Gasteiger charge is -2.29. The molecule has 1 aliphatic rings. The number of nitrogens with zero attached hydrogens (tertiary/aromatic N) is 2. The zero-order chi connectivity index (χ0) is 14.3. The van der Waals surface area contributed by atoms with Crippen LogP contribution in [0.4, 0.5) is 4.39 Å². The van der Waals surface area contributed by atoms with Gasteiger partial charge in [-0.15, -0.1) is 0 Å². The third-order valence-electron chi connectivity index (χ3n) is 3.98. The number of aromatic nitrogens is 2. The van der Waals surface area contributed by atoms with Gasteiger partial charge >= 0.3 is 0 Å². The number of likely N-dealkylation sites (tertiary alicyclic amines) is 1. The van der Waals surface area contributed by atoms with Crippen LogP contribution in [-0.2, 0) is 6.54 Å². The number of benzene rings is 1. The molecule has 1 aliphatic heterocycles. The number of hydrogen-bond donors (Lipinski definition) is 1. The van der Waals surface area contributed by atoms with E-state index in [9.17, 15) is 4.39 Å². The Kier molecular flexibility index (Phi) is 4.14. The van der Waals surface area contributed by atoms with Crippen LogP contribution in [0.25, 0.3) is 11.0 Å². The van der Waals surface area contributed by atoms with E-state index < -0.39 is 0 Å². The molecule has 0 saturated carbocycles. The van der Waals surface area contributed by atoms with Gasteiger partial charge in [0.2, 0.25) is 0 Å². The van der Waals surface area contributed by atoms with E-state index in [1.807, 2.05) is 33.2 Å². The van der Waals surface area contributed by atoms with E-state index in [2.05, 4.69) is 16.9 Å². The molecular weight excluding hydrogens is 388 g/mol. The van der Waals surface area contributed by atoms with Crippen molar-refractivity contribution in [2.24, 2.45) is 5.92 Å². The summed E-state index contributed by atoms with van der Waals surface area (Å²) in [6.07, 6.45) is 2.44.